The number of nitrogens with zero attached hydrogens (tertiary/aromatic N) is 5. The highest BCUT2D eigenvalue weighted by molar-refractivity contribution is 5.60. The average Bonchev–Trinajstić information content (AvgIpc) is 3.42. The molecule has 1 aromatic carbocycles. The lowest BCUT2D eigenvalue weighted by Crippen LogP contribution is -2.34. The van der Waals surface area contributed by atoms with Gasteiger partial charge in [0.2, 0.25) is 5.95 Å². The van der Waals surface area contributed by atoms with E-state index >= 15 is 0 Å². The predicted molar refractivity (Wildman–Crippen MR) is 132 cm³/mol. The standard InChI is InChI=1S/C26H32N6O/c1-6-7-21-14-24(30-26(28-21)29-22-9-8-17(2)20(13-22)15-27)32-11-10-23(16-32)31(5)25-12-18(3)19(4)33-25/h8-9,12-14,23H,6-7,10-11,16H2,1-5H3,(H,28,29,30)/t23-/m0/s1. The second kappa shape index (κ2) is 9.53. The summed E-state index contributed by atoms with van der Waals surface area (Å²) in [5.74, 6) is 3.39. The van der Waals surface area contributed by atoms with E-state index in [1.807, 2.05) is 32.0 Å². The van der Waals surface area contributed by atoms with Crippen LogP contribution in [0.1, 0.15) is 47.9 Å². The Morgan fingerprint density at radius 3 is 2.70 bits per heavy atom. The summed E-state index contributed by atoms with van der Waals surface area (Å²) in [6.07, 6.45) is 2.94. The van der Waals surface area contributed by atoms with Crippen molar-refractivity contribution in [1.29, 1.82) is 5.26 Å². The van der Waals surface area contributed by atoms with Gasteiger partial charge in [-0.25, -0.2) is 4.98 Å². The number of furan rings is 1. The Morgan fingerprint density at radius 1 is 1.18 bits per heavy atom. The lowest BCUT2D eigenvalue weighted by atomic mass is 10.1. The normalized spacial score (nSPS) is 15.5. The van der Waals surface area contributed by atoms with Crippen LogP contribution in [0.25, 0.3) is 0 Å². The van der Waals surface area contributed by atoms with Crippen molar-refractivity contribution in [2.24, 2.45) is 0 Å². The van der Waals surface area contributed by atoms with Crippen molar-refractivity contribution >= 4 is 23.3 Å². The Kier molecular flexibility index (Phi) is 6.55. The van der Waals surface area contributed by atoms with Gasteiger partial charge in [0.05, 0.1) is 17.7 Å². The third-order valence-corrected chi connectivity index (χ3v) is 6.42. The Hall–Kier alpha value is -3.53. The van der Waals surface area contributed by atoms with E-state index in [4.69, 9.17) is 14.4 Å². The monoisotopic (exact) mass is 444 g/mol. The summed E-state index contributed by atoms with van der Waals surface area (Å²) in [7, 11) is 2.10. The number of aryl methyl sites for hydroxylation is 4. The maximum absolute atomic E-state index is 9.35. The summed E-state index contributed by atoms with van der Waals surface area (Å²) in [6.45, 7) is 9.98. The van der Waals surface area contributed by atoms with E-state index in [9.17, 15) is 5.26 Å². The van der Waals surface area contributed by atoms with Gasteiger partial charge in [-0.05, 0) is 56.9 Å². The number of benzene rings is 1. The van der Waals surface area contributed by atoms with Gasteiger partial charge in [-0.15, -0.1) is 0 Å². The molecule has 1 fully saturated rings. The largest absolute Gasteiger partial charge is 0.446 e. The van der Waals surface area contributed by atoms with E-state index in [0.29, 0.717) is 17.6 Å². The van der Waals surface area contributed by atoms with Gasteiger partial charge in [-0.3, -0.25) is 0 Å². The van der Waals surface area contributed by atoms with Gasteiger partial charge in [-0.1, -0.05) is 19.4 Å². The van der Waals surface area contributed by atoms with Crippen LogP contribution in [0, 0.1) is 32.1 Å². The molecule has 7 nitrogen and oxygen atoms in total. The average molecular weight is 445 g/mol. The minimum atomic E-state index is 0.353. The first-order chi connectivity index (χ1) is 15.9. The van der Waals surface area contributed by atoms with Crippen LogP contribution in [-0.4, -0.2) is 36.1 Å². The molecule has 172 valence electrons. The number of rotatable bonds is 7. The van der Waals surface area contributed by atoms with Crippen LogP contribution in [0.5, 0.6) is 0 Å². The molecule has 1 atom stereocenters. The quantitative estimate of drug-likeness (QED) is 0.531. The van der Waals surface area contributed by atoms with Crippen LogP contribution in [0.2, 0.25) is 0 Å². The van der Waals surface area contributed by atoms with Crippen molar-refractivity contribution in [2.75, 3.05) is 35.3 Å². The van der Waals surface area contributed by atoms with Crippen molar-refractivity contribution in [1.82, 2.24) is 9.97 Å². The van der Waals surface area contributed by atoms with Crippen molar-refractivity contribution in [2.45, 2.75) is 53.0 Å². The molecular formula is C26H32N6O. The molecule has 0 bridgehead atoms. The molecule has 4 rings (SSSR count). The van der Waals surface area contributed by atoms with Gasteiger partial charge >= 0.3 is 0 Å². The molecule has 1 aliphatic rings. The minimum absolute atomic E-state index is 0.353. The van der Waals surface area contributed by atoms with E-state index in [1.165, 1.54) is 5.56 Å². The number of nitrogens with one attached hydrogen (secondary N) is 1. The Balaban J connectivity index is 1.55. The molecule has 33 heavy (non-hydrogen) atoms. The first-order valence-electron chi connectivity index (χ1n) is 11.6. The zero-order chi connectivity index (χ0) is 23.5. The van der Waals surface area contributed by atoms with Crippen molar-refractivity contribution < 1.29 is 4.42 Å². The Labute approximate surface area is 196 Å². The zero-order valence-corrected chi connectivity index (χ0v) is 20.1. The van der Waals surface area contributed by atoms with Crippen molar-refractivity contribution in [3.63, 3.8) is 0 Å². The highest BCUT2D eigenvalue weighted by Gasteiger charge is 2.29. The zero-order valence-electron chi connectivity index (χ0n) is 20.1. The fourth-order valence-electron chi connectivity index (χ4n) is 4.21. The first kappa shape index (κ1) is 22.7. The third-order valence-electron chi connectivity index (χ3n) is 6.42. The molecule has 3 aromatic rings. The summed E-state index contributed by atoms with van der Waals surface area (Å²) >= 11 is 0. The predicted octanol–water partition coefficient (Wildman–Crippen LogP) is 5.28. The van der Waals surface area contributed by atoms with Crippen LogP contribution in [0.3, 0.4) is 0 Å². The van der Waals surface area contributed by atoms with Gasteiger partial charge in [0, 0.05) is 43.7 Å². The second-order valence-corrected chi connectivity index (χ2v) is 8.88. The molecule has 7 heteroatoms. The molecule has 0 aliphatic carbocycles. The maximum atomic E-state index is 9.35. The molecule has 1 saturated heterocycles. The smallest absolute Gasteiger partial charge is 0.229 e. The summed E-state index contributed by atoms with van der Waals surface area (Å²) in [5, 5.41) is 12.7. The van der Waals surface area contributed by atoms with Crippen LogP contribution in [-0.2, 0) is 6.42 Å². The molecule has 0 amide bonds. The van der Waals surface area contributed by atoms with E-state index in [0.717, 1.165) is 66.8 Å². The minimum Gasteiger partial charge on any atom is -0.446 e. The summed E-state index contributed by atoms with van der Waals surface area (Å²) in [5.41, 5.74) is 4.63. The van der Waals surface area contributed by atoms with Crippen LogP contribution < -0.4 is 15.1 Å². The van der Waals surface area contributed by atoms with Gasteiger partial charge in [-0.2, -0.15) is 10.2 Å². The lowest BCUT2D eigenvalue weighted by molar-refractivity contribution is 0.506. The molecule has 0 unspecified atom stereocenters. The Bertz CT molecular complexity index is 1160. The van der Waals surface area contributed by atoms with E-state index in [1.54, 1.807) is 0 Å². The second-order valence-electron chi connectivity index (χ2n) is 8.88. The fourth-order valence-corrected chi connectivity index (χ4v) is 4.21. The lowest BCUT2D eigenvalue weighted by Gasteiger charge is -2.25. The van der Waals surface area contributed by atoms with Gasteiger partial charge in [0.25, 0.3) is 0 Å². The molecule has 2 aromatic heterocycles. The molecule has 0 spiro atoms. The van der Waals surface area contributed by atoms with Gasteiger partial charge in [0.1, 0.15) is 11.6 Å². The van der Waals surface area contributed by atoms with E-state index in [2.05, 4.69) is 54.2 Å². The molecule has 0 radical (unpaired) electrons. The SMILES string of the molecule is CCCc1cc(N2CC[C@H](N(C)c3cc(C)c(C)o3)C2)nc(Nc2ccc(C)c(C#N)c2)n1. The van der Waals surface area contributed by atoms with E-state index in [-0.39, 0.29) is 0 Å². The summed E-state index contributed by atoms with van der Waals surface area (Å²) in [4.78, 5) is 14.1. The number of anilines is 4. The van der Waals surface area contributed by atoms with E-state index < -0.39 is 0 Å². The number of hydrogen-bond donors (Lipinski definition) is 1. The fraction of sp³-hybridized carbons (Fsp3) is 0.423. The maximum Gasteiger partial charge on any atom is 0.229 e. The van der Waals surface area contributed by atoms with Crippen LogP contribution in [0.4, 0.5) is 23.3 Å². The molecule has 1 aliphatic heterocycles. The van der Waals surface area contributed by atoms with Crippen LogP contribution >= 0.6 is 0 Å². The van der Waals surface area contributed by atoms with Crippen molar-refractivity contribution in [3.8, 4) is 6.07 Å². The number of hydrogen-bond acceptors (Lipinski definition) is 7. The molecule has 0 saturated carbocycles. The highest BCUT2D eigenvalue weighted by atomic mass is 16.4. The molecule has 1 N–H and O–H groups in total. The number of likely N-dealkylation sites (N-methyl/N-ethyl adjacent to an activating group) is 1. The topological polar surface area (TPSA) is 81.2 Å². The first-order valence-corrected chi connectivity index (χ1v) is 11.6. The highest BCUT2D eigenvalue weighted by Crippen LogP contribution is 2.29. The van der Waals surface area contributed by atoms with Crippen LogP contribution in [0.15, 0.2) is 34.7 Å². The Morgan fingerprint density at radius 2 is 2.00 bits per heavy atom. The van der Waals surface area contributed by atoms with Gasteiger partial charge < -0.3 is 19.5 Å². The third kappa shape index (κ3) is 4.95. The van der Waals surface area contributed by atoms with Crippen molar-refractivity contribution in [3.05, 3.63) is 58.5 Å². The van der Waals surface area contributed by atoms with Gasteiger partial charge in [0.15, 0.2) is 5.88 Å². The number of nitriles is 1. The molecule has 3 heterocycles. The summed E-state index contributed by atoms with van der Waals surface area (Å²) in [6, 6.07) is 12.6. The summed E-state index contributed by atoms with van der Waals surface area (Å²) < 4.78 is 5.94. The number of aromatic nitrogens is 2. The molecular weight excluding hydrogens is 412 g/mol.